The number of aromatic nitrogens is 2. The maximum Gasteiger partial charge on any atom is 0.258 e. The summed E-state index contributed by atoms with van der Waals surface area (Å²) in [6, 6.07) is 25.5. The molecule has 2 heterocycles. The molecule has 7 heteroatoms. The van der Waals surface area contributed by atoms with Crippen molar-refractivity contribution < 1.29 is 4.79 Å². The van der Waals surface area contributed by atoms with Crippen molar-refractivity contribution in [1.29, 1.82) is 0 Å². The minimum absolute atomic E-state index is 0.0339. The first-order chi connectivity index (χ1) is 16.6. The van der Waals surface area contributed by atoms with Crippen LogP contribution < -0.4 is 10.5 Å². The van der Waals surface area contributed by atoms with Gasteiger partial charge in [0.2, 0.25) is 5.91 Å². The van der Waals surface area contributed by atoms with Gasteiger partial charge >= 0.3 is 0 Å². The monoisotopic (exact) mass is 470 g/mol. The van der Waals surface area contributed by atoms with E-state index in [1.807, 2.05) is 71.3 Å². The largest absolute Gasteiger partial charge is 0.309 e. The number of carbonyl (C=O) groups is 1. The SMILES string of the molecule is CCN(CC(=O)N1c2ccccc2SCC1c1ccccc1)Cc1nc2ccccc2c(=O)[nH]1. The van der Waals surface area contributed by atoms with Crippen molar-refractivity contribution in [1.82, 2.24) is 14.9 Å². The number of thioether (sulfide) groups is 1. The highest BCUT2D eigenvalue weighted by Gasteiger charge is 2.33. The Kier molecular flexibility index (Phi) is 6.47. The lowest BCUT2D eigenvalue weighted by atomic mass is 10.1. The molecular formula is C27H26N4O2S. The molecule has 1 aromatic heterocycles. The summed E-state index contributed by atoms with van der Waals surface area (Å²) in [6.07, 6.45) is 0. The van der Waals surface area contributed by atoms with Gasteiger partial charge in [-0.05, 0) is 36.4 Å². The Morgan fingerprint density at radius 1 is 1.06 bits per heavy atom. The van der Waals surface area contributed by atoms with Gasteiger partial charge in [0.25, 0.3) is 5.56 Å². The minimum atomic E-state index is -0.158. The first-order valence-electron chi connectivity index (χ1n) is 11.4. The Balaban J connectivity index is 1.42. The minimum Gasteiger partial charge on any atom is -0.309 e. The van der Waals surface area contributed by atoms with Crippen LogP contribution in [-0.4, -0.2) is 39.6 Å². The fourth-order valence-corrected chi connectivity index (χ4v) is 5.55. The molecule has 3 aromatic carbocycles. The number of likely N-dealkylation sites (N-methyl/N-ethyl adjacent to an activating group) is 1. The quantitative estimate of drug-likeness (QED) is 0.445. The zero-order valence-corrected chi connectivity index (χ0v) is 19.8. The summed E-state index contributed by atoms with van der Waals surface area (Å²) in [6.45, 7) is 3.29. The number of hydrogen-bond donors (Lipinski definition) is 1. The molecular weight excluding hydrogens is 444 g/mol. The Morgan fingerprint density at radius 3 is 2.62 bits per heavy atom. The smallest absolute Gasteiger partial charge is 0.258 e. The molecule has 0 saturated carbocycles. The second-order valence-corrected chi connectivity index (χ2v) is 9.36. The van der Waals surface area contributed by atoms with Crippen molar-refractivity contribution >= 4 is 34.3 Å². The van der Waals surface area contributed by atoms with Gasteiger partial charge in [0.05, 0.1) is 35.7 Å². The van der Waals surface area contributed by atoms with E-state index in [9.17, 15) is 9.59 Å². The van der Waals surface area contributed by atoms with Crippen LogP contribution in [-0.2, 0) is 11.3 Å². The van der Waals surface area contributed by atoms with Gasteiger partial charge in [-0.15, -0.1) is 11.8 Å². The van der Waals surface area contributed by atoms with Crippen molar-refractivity contribution in [3.63, 3.8) is 0 Å². The number of para-hydroxylation sites is 2. The van der Waals surface area contributed by atoms with Crippen LogP contribution in [0.1, 0.15) is 24.4 Å². The van der Waals surface area contributed by atoms with Gasteiger partial charge in [-0.25, -0.2) is 4.98 Å². The molecule has 1 aliphatic heterocycles. The number of fused-ring (bicyclic) bond motifs is 2. The Labute approximate surface area is 202 Å². The van der Waals surface area contributed by atoms with Crippen LogP contribution in [0, 0.1) is 0 Å². The van der Waals surface area contributed by atoms with Gasteiger partial charge in [0.1, 0.15) is 5.82 Å². The van der Waals surface area contributed by atoms with Crippen LogP contribution in [0.25, 0.3) is 10.9 Å². The second-order valence-electron chi connectivity index (χ2n) is 8.30. The number of hydrogen-bond acceptors (Lipinski definition) is 5. The van der Waals surface area contributed by atoms with E-state index in [0.717, 1.165) is 21.9 Å². The van der Waals surface area contributed by atoms with E-state index >= 15 is 0 Å². The zero-order valence-electron chi connectivity index (χ0n) is 19.0. The zero-order chi connectivity index (χ0) is 23.5. The number of nitrogens with zero attached hydrogens (tertiary/aromatic N) is 3. The van der Waals surface area contributed by atoms with E-state index in [1.165, 1.54) is 0 Å². The molecule has 1 amide bonds. The first-order valence-corrected chi connectivity index (χ1v) is 12.4. The van der Waals surface area contributed by atoms with Crippen molar-refractivity contribution in [2.45, 2.75) is 24.4 Å². The topological polar surface area (TPSA) is 69.3 Å². The van der Waals surface area contributed by atoms with Crippen molar-refractivity contribution in [2.75, 3.05) is 23.7 Å². The van der Waals surface area contributed by atoms with E-state index in [-0.39, 0.29) is 24.1 Å². The van der Waals surface area contributed by atoms with Gasteiger partial charge in [-0.1, -0.05) is 61.5 Å². The van der Waals surface area contributed by atoms with Crippen LogP contribution in [0.15, 0.2) is 88.6 Å². The molecule has 0 aliphatic carbocycles. The molecule has 0 saturated heterocycles. The lowest BCUT2D eigenvalue weighted by Crippen LogP contribution is -2.44. The highest BCUT2D eigenvalue weighted by atomic mass is 32.2. The standard InChI is InChI=1S/C27H26N4O2S/c1-2-30(16-25-28-21-13-7-6-12-20(21)27(33)29-25)17-26(32)31-22-14-8-9-15-24(22)34-18-23(31)19-10-4-3-5-11-19/h3-15,23H,2,16-18H2,1H3,(H,28,29,33). The van der Waals surface area contributed by atoms with Gasteiger partial charge in [-0.2, -0.15) is 0 Å². The molecule has 0 radical (unpaired) electrons. The fourth-order valence-electron chi connectivity index (χ4n) is 4.39. The third kappa shape index (κ3) is 4.49. The summed E-state index contributed by atoms with van der Waals surface area (Å²) in [5.41, 5.74) is 2.58. The lowest BCUT2D eigenvalue weighted by molar-refractivity contribution is -0.120. The maximum absolute atomic E-state index is 13.8. The van der Waals surface area contributed by atoms with Crippen LogP contribution in [0.4, 0.5) is 5.69 Å². The summed E-state index contributed by atoms with van der Waals surface area (Å²) in [7, 11) is 0. The molecule has 4 aromatic rings. The maximum atomic E-state index is 13.8. The average molecular weight is 471 g/mol. The number of H-pyrrole nitrogens is 1. The Morgan fingerprint density at radius 2 is 1.79 bits per heavy atom. The molecule has 1 unspecified atom stereocenters. The molecule has 5 rings (SSSR count). The molecule has 172 valence electrons. The van der Waals surface area contributed by atoms with E-state index in [0.29, 0.717) is 29.8 Å². The number of benzene rings is 3. The van der Waals surface area contributed by atoms with Crippen molar-refractivity contribution in [3.8, 4) is 0 Å². The van der Waals surface area contributed by atoms with Gasteiger partial charge < -0.3 is 9.88 Å². The summed E-state index contributed by atoms with van der Waals surface area (Å²) < 4.78 is 0. The number of anilines is 1. The van der Waals surface area contributed by atoms with Gasteiger partial charge in [-0.3, -0.25) is 14.5 Å². The third-order valence-corrected chi connectivity index (χ3v) is 7.27. The molecule has 1 N–H and O–H groups in total. The van der Waals surface area contributed by atoms with Gasteiger partial charge in [0, 0.05) is 10.6 Å². The molecule has 0 fully saturated rings. The highest BCUT2D eigenvalue weighted by Crippen LogP contribution is 2.43. The van der Waals surface area contributed by atoms with Crippen LogP contribution in [0.3, 0.4) is 0 Å². The van der Waals surface area contributed by atoms with Crippen LogP contribution in [0.2, 0.25) is 0 Å². The predicted molar refractivity (Wildman–Crippen MR) is 137 cm³/mol. The summed E-state index contributed by atoms with van der Waals surface area (Å²) in [4.78, 5) is 38.8. The predicted octanol–water partition coefficient (Wildman–Crippen LogP) is 4.63. The van der Waals surface area contributed by atoms with E-state index in [4.69, 9.17) is 0 Å². The number of amides is 1. The number of nitrogens with one attached hydrogen (secondary N) is 1. The highest BCUT2D eigenvalue weighted by molar-refractivity contribution is 7.99. The fraction of sp³-hybridized carbons (Fsp3) is 0.222. The number of rotatable bonds is 6. The van der Waals surface area contributed by atoms with Crippen LogP contribution >= 0.6 is 11.8 Å². The molecule has 0 bridgehead atoms. The third-order valence-electron chi connectivity index (χ3n) is 6.13. The Bertz CT molecular complexity index is 1370. The normalized spacial score (nSPS) is 15.5. The molecule has 6 nitrogen and oxygen atoms in total. The van der Waals surface area contributed by atoms with Crippen molar-refractivity contribution in [2.24, 2.45) is 0 Å². The first kappa shape index (κ1) is 22.4. The number of carbonyl (C=O) groups excluding carboxylic acids is 1. The average Bonchev–Trinajstić information content (AvgIpc) is 2.88. The summed E-state index contributed by atoms with van der Waals surface area (Å²) in [5.74, 6) is 1.40. The number of aromatic amines is 1. The molecule has 34 heavy (non-hydrogen) atoms. The van der Waals surface area contributed by atoms with Crippen molar-refractivity contribution in [3.05, 3.63) is 101 Å². The van der Waals surface area contributed by atoms with E-state index in [2.05, 4.69) is 28.2 Å². The van der Waals surface area contributed by atoms with E-state index in [1.54, 1.807) is 17.8 Å². The second kappa shape index (κ2) is 9.83. The summed E-state index contributed by atoms with van der Waals surface area (Å²) >= 11 is 1.79. The van der Waals surface area contributed by atoms with Crippen LogP contribution in [0.5, 0.6) is 0 Å². The van der Waals surface area contributed by atoms with E-state index < -0.39 is 0 Å². The summed E-state index contributed by atoms with van der Waals surface area (Å²) in [5, 5.41) is 0.568. The molecule has 1 aliphatic rings. The van der Waals surface area contributed by atoms with Gasteiger partial charge in [0.15, 0.2) is 0 Å². The Hall–Kier alpha value is -3.42. The molecule has 0 spiro atoms. The molecule has 1 atom stereocenters. The lowest BCUT2D eigenvalue weighted by Gasteiger charge is -2.38.